The molecular formula is C27H34N8O3. The highest BCUT2D eigenvalue weighted by atomic mass is 16.5. The van der Waals surface area contributed by atoms with Gasteiger partial charge in [0.2, 0.25) is 11.8 Å². The van der Waals surface area contributed by atoms with Gasteiger partial charge in [-0.15, -0.1) is 5.10 Å². The second-order valence-corrected chi connectivity index (χ2v) is 10.1. The molecule has 2 aliphatic heterocycles. The van der Waals surface area contributed by atoms with E-state index < -0.39 is 0 Å². The Morgan fingerprint density at radius 2 is 2.05 bits per heavy atom. The second-order valence-electron chi connectivity index (χ2n) is 10.1. The largest absolute Gasteiger partial charge is 0.476 e. The van der Waals surface area contributed by atoms with Gasteiger partial charge in [-0.2, -0.15) is 5.10 Å². The number of hydrogen-bond donors (Lipinski definition) is 1. The molecule has 11 nitrogen and oxygen atoms in total. The Kier molecular flexibility index (Phi) is 6.40. The fourth-order valence-electron chi connectivity index (χ4n) is 5.57. The Labute approximate surface area is 221 Å². The molecule has 0 unspecified atom stereocenters. The summed E-state index contributed by atoms with van der Waals surface area (Å²) in [6.07, 6.45) is 13.4. The van der Waals surface area contributed by atoms with E-state index in [4.69, 9.17) is 19.6 Å². The number of aromatic nitrogens is 7. The van der Waals surface area contributed by atoms with E-state index in [1.54, 1.807) is 10.9 Å². The summed E-state index contributed by atoms with van der Waals surface area (Å²) < 4.78 is 18.3. The van der Waals surface area contributed by atoms with Crippen LogP contribution in [-0.2, 0) is 13.6 Å². The molecule has 0 spiro atoms. The zero-order valence-corrected chi connectivity index (χ0v) is 22.3. The maximum atomic E-state index is 10.0. The van der Waals surface area contributed by atoms with Crippen LogP contribution in [0, 0.1) is 0 Å². The molecule has 1 saturated heterocycles. The summed E-state index contributed by atoms with van der Waals surface area (Å²) in [5, 5.41) is 19.3. The van der Waals surface area contributed by atoms with E-state index in [0.717, 1.165) is 53.2 Å². The van der Waals surface area contributed by atoms with E-state index in [9.17, 15) is 5.11 Å². The van der Waals surface area contributed by atoms with Crippen LogP contribution in [0.15, 0.2) is 24.8 Å². The lowest BCUT2D eigenvalue weighted by Gasteiger charge is -2.30. The van der Waals surface area contributed by atoms with E-state index in [1.165, 1.54) is 0 Å². The maximum absolute atomic E-state index is 10.0. The van der Waals surface area contributed by atoms with Crippen LogP contribution in [-0.4, -0.2) is 75.8 Å². The maximum Gasteiger partial charge on any atom is 0.240 e. The van der Waals surface area contributed by atoms with Gasteiger partial charge in [0, 0.05) is 25.8 Å². The Balaban J connectivity index is 1.56. The predicted molar refractivity (Wildman–Crippen MR) is 143 cm³/mol. The number of rotatable bonds is 4. The van der Waals surface area contributed by atoms with Crippen LogP contribution < -0.4 is 9.47 Å². The fraction of sp³-hybridized carbons (Fsp3) is 0.481. The number of imidazole rings is 1. The van der Waals surface area contributed by atoms with Crippen LogP contribution in [0.3, 0.4) is 0 Å². The molecule has 0 saturated carbocycles. The number of aliphatic hydroxyl groups excluding tert-OH is 1. The Morgan fingerprint density at radius 1 is 1.21 bits per heavy atom. The van der Waals surface area contributed by atoms with Gasteiger partial charge in [-0.1, -0.05) is 0 Å². The van der Waals surface area contributed by atoms with Crippen molar-refractivity contribution >= 4 is 17.7 Å². The van der Waals surface area contributed by atoms with Crippen LogP contribution in [0.25, 0.3) is 28.9 Å². The molecule has 4 aromatic heterocycles. The number of fused-ring (bicyclic) bond motifs is 5. The molecule has 6 rings (SSSR count). The zero-order chi connectivity index (χ0) is 26.4. The summed E-state index contributed by atoms with van der Waals surface area (Å²) in [6.45, 7) is 8.14. The summed E-state index contributed by atoms with van der Waals surface area (Å²) in [4.78, 5) is 11.8. The summed E-state index contributed by atoms with van der Waals surface area (Å²) >= 11 is 0. The van der Waals surface area contributed by atoms with Gasteiger partial charge in [-0.25, -0.2) is 9.67 Å². The first-order chi connectivity index (χ1) is 18.5. The van der Waals surface area contributed by atoms with Gasteiger partial charge < -0.3 is 14.6 Å². The smallest absolute Gasteiger partial charge is 0.240 e. The molecular weight excluding hydrogens is 484 g/mol. The third kappa shape index (κ3) is 4.15. The van der Waals surface area contributed by atoms with Crippen LogP contribution in [0.1, 0.15) is 56.7 Å². The summed E-state index contributed by atoms with van der Waals surface area (Å²) in [6, 6.07) is 0.00923. The highest BCUT2D eigenvalue weighted by Crippen LogP contribution is 2.34. The van der Waals surface area contributed by atoms with Crippen molar-refractivity contribution in [1.29, 1.82) is 0 Å². The number of hydrogen-bond acceptors (Lipinski definition) is 8. The average molecular weight is 519 g/mol. The van der Waals surface area contributed by atoms with Gasteiger partial charge in [0.05, 0.1) is 65.9 Å². The van der Waals surface area contributed by atoms with Crippen molar-refractivity contribution < 1.29 is 14.6 Å². The minimum Gasteiger partial charge on any atom is -0.476 e. The van der Waals surface area contributed by atoms with Crippen LogP contribution in [0.2, 0.25) is 0 Å². The minimum absolute atomic E-state index is 0.0176. The summed E-state index contributed by atoms with van der Waals surface area (Å²) in [5.41, 5.74) is 4.40. The third-order valence-corrected chi connectivity index (χ3v) is 7.59. The SMILES string of the molecule is CCOc1nn([C@@H](C)CO)c2c1/C=C/c1ncc3cnc(cn13)-c1cnn(C)c1O[C@@H](C)[C@H]1CCCN1C2. The van der Waals surface area contributed by atoms with Crippen molar-refractivity contribution in [1.82, 2.24) is 38.8 Å². The highest BCUT2D eigenvalue weighted by Gasteiger charge is 2.34. The average Bonchev–Trinajstić information content (AvgIpc) is 3.69. The topological polar surface area (TPSA) is 108 Å². The third-order valence-electron chi connectivity index (χ3n) is 7.59. The van der Waals surface area contributed by atoms with Crippen molar-refractivity contribution in [2.45, 2.75) is 58.3 Å². The van der Waals surface area contributed by atoms with Crippen molar-refractivity contribution in [3.8, 4) is 23.0 Å². The zero-order valence-electron chi connectivity index (χ0n) is 22.3. The first kappa shape index (κ1) is 24.6. The molecule has 1 fully saturated rings. The number of aliphatic hydroxyl groups is 1. The van der Waals surface area contributed by atoms with Crippen molar-refractivity contribution in [3.05, 3.63) is 41.9 Å². The molecule has 0 amide bonds. The lowest BCUT2D eigenvalue weighted by Crippen LogP contribution is -2.41. The summed E-state index contributed by atoms with van der Waals surface area (Å²) in [5.74, 6) is 2.01. The summed E-state index contributed by atoms with van der Waals surface area (Å²) in [7, 11) is 1.90. The molecule has 200 valence electrons. The van der Waals surface area contributed by atoms with E-state index >= 15 is 0 Å². The lowest BCUT2D eigenvalue weighted by atomic mass is 10.1. The van der Waals surface area contributed by atoms with E-state index in [2.05, 4.69) is 21.9 Å². The number of nitrogens with zero attached hydrogens (tertiary/aromatic N) is 8. The molecule has 0 radical (unpaired) electrons. The monoisotopic (exact) mass is 518 g/mol. The number of ether oxygens (including phenoxy) is 2. The Bertz CT molecular complexity index is 1490. The first-order valence-corrected chi connectivity index (χ1v) is 13.3. The van der Waals surface area contributed by atoms with E-state index in [1.807, 2.05) is 60.7 Å². The molecule has 1 N–H and O–H groups in total. The van der Waals surface area contributed by atoms with Gasteiger partial charge in [-0.3, -0.25) is 19.0 Å². The van der Waals surface area contributed by atoms with Crippen LogP contribution >= 0.6 is 0 Å². The standard InChI is InChI=1S/C27H34N8O3/c1-5-37-26-20-8-9-25-29-12-19-11-28-22(14-34(19)25)21-13-30-32(4)27(21)38-18(3)23-7-6-10-33(23)15-24(20)35(31-26)17(2)16-36/h8-9,11-14,17-18,23,36H,5-7,10,15-16H2,1-4H3/b9-8+/t17-,18-,23+/m0/s1. The molecule has 2 bridgehead atoms. The molecule has 4 aromatic rings. The molecule has 11 heteroatoms. The molecule has 3 atom stereocenters. The molecule has 6 heterocycles. The molecule has 2 aliphatic rings. The normalized spacial score (nSPS) is 21.3. The van der Waals surface area contributed by atoms with E-state index in [-0.39, 0.29) is 24.8 Å². The lowest BCUT2D eigenvalue weighted by molar-refractivity contribution is 0.0914. The molecule has 0 aromatic carbocycles. The molecule has 0 aliphatic carbocycles. The predicted octanol–water partition coefficient (Wildman–Crippen LogP) is 3.19. The van der Waals surface area contributed by atoms with Gasteiger partial charge in [0.25, 0.3) is 0 Å². The number of aryl methyl sites for hydroxylation is 1. The highest BCUT2D eigenvalue weighted by molar-refractivity contribution is 5.73. The van der Waals surface area contributed by atoms with Crippen molar-refractivity contribution in [2.24, 2.45) is 7.05 Å². The van der Waals surface area contributed by atoms with Crippen molar-refractivity contribution in [2.75, 3.05) is 19.8 Å². The Hall–Kier alpha value is -3.70. The Morgan fingerprint density at radius 3 is 2.87 bits per heavy atom. The van der Waals surface area contributed by atoms with Gasteiger partial charge >= 0.3 is 0 Å². The van der Waals surface area contributed by atoms with Crippen LogP contribution in [0.4, 0.5) is 0 Å². The molecule has 38 heavy (non-hydrogen) atoms. The first-order valence-electron chi connectivity index (χ1n) is 13.3. The van der Waals surface area contributed by atoms with E-state index in [0.29, 0.717) is 24.9 Å². The van der Waals surface area contributed by atoms with Gasteiger partial charge in [-0.05, 0) is 52.3 Å². The van der Waals surface area contributed by atoms with Gasteiger partial charge in [0.15, 0.2) is 0 Å². The second kappa shape index (κ2) is 9.88. The van der Waals surface area contributed by atoms with Gasteiger partial charge in [0.1, 0.15) is 11.9 Å². The van der Waals surface area contributed by atoms with Crippen molar-refractivity contribution in [3.63, 3.8) is 0 Å². The quantitative estimate of drug-likeness (QED) is 0.439. The minimum atomic E-state index is -0.193. The van der Waals surface area contributed by atoms with Crippen LogP contribution in [0.5, 0.6) is 11.8 Å². The fourth-order valence-corrected chi connectivity index (χ4v) is 5.57.